The van der Waals surface area contributed by atoms with Crippen LogP contribution in [-0.4, -0.2) is 42.0 Å². The Kier molecular flexibility index (Phi) is 8.27. The van der Waals surface area contributed by atoms with E-state index in [4.69, 9.17) is 0 Å². The van der Waals surface area contributed by atoms with Crippen molar-refractivity contribution in [2.24, 2.45) is 0 Å². The monoisotopic (exact) mass is 461 g/mol. The molecule has 1 aromatic heterocycles. The number of aryl methyl sites for hydroxylation is 2. The normalized spacial score (nSPS) is 15.0. The molecule has 7 nitrogen and oxygen atoms in total. The van der Waals surface area contributed by atoms with Gasteiger partial charge in [0, 0.05) is 38.2 Å². The summed E-state index contributed by atoms with van der Waals surface area (Å²) < 4.78 is 0. The quantitative estimate of drug-likeness (QED) is 0.657. The Morgan fingerprint density at radius 3 is 2.38 bits per heavy atom. The molecule has 1 fully saturated rings. The van der Waals surface area contributed by atoms with E-state index in [0.29, 0.717) is 31.0 Å². The SMILES string of the molecule is CC(=O)NC(Cc1ccc(C(C)C)cc1)C(=O)NC1CCN(c2nc(C)cc(C)c2C#N)CC1. The maximum Gasteiger partial charge on any atom is 0.243 e. The maximum atomic E-state index is 13.1. The molecule has 1 aromatic carbocycles. The van der Waals surface area contributed by atoms with Gasteiger partial charge in [0.15, 0.2) is 0 Å². The Labute approximate surface area is 202 Å². The molecular formula is C27H35N5O2. The van der Waals surface area contributed by atoms with Crippen LogP contribution in [0, 0.1) is 25.2 Å². The van der Waals surface area contributed by atoms with E-state index in [1.54, 1.807) is 0 Å². The first kappa shape index (κ1) is 25.2. The molecule has 0 bridgehead atoms. The molecule has 2 aromatic rings. The molecule has 1 atom stereocenters. The molecule has 2 N–H and O–H groups in total. The topological polar surface area (TPSA) is 98.1 Å². The maximum absolute atomic E-state index is 13.1. The van der Waals surface area contributed by atoms with Crippen LogP contribution in [0.25, 0.3) is 0 Å². The standard InChI is InChI=1S/C27H35N5O2/c1-17(2)22-8-6-21(7-9-22)15-25(30-20(5)33)27(34)31-23-10-12-32(13-11-23)26-24(16-28)18(3)14-19(4)29-26/h6-9,14,17,23,25H,10-13,15H2,1-5H3,(H,30,33)(H,31,34). The lowest BCUT2D eigenvalue weighted by Gasteiger charge is -2.34. The van der Waals surface area contributed by atoms with Crippen LogP contribution in [0.1, 0.15) is 67.5 Å². The Bertz CT molecular complexity index is 1060. The van der Waals surface area contributed by atoms with E-state index >= 15 is 0 Å². The van der Waals surface area contributed by atoms with E-state index in [9.17, 15) is 14.9 Å². The number of nitrogens with one attached hydrogen (secondary N) is 2. The minimum atomic E-state index is -0.619. The van der Waals surface area contributed by atoms with Gasteiger partial charge < -0.3 is 15.5 Å². The third-order valence-corrected chi connectivity index (χ3v) is 6.36. The predicted octanol–water partition coefficient (Wildman–Crippen LogP) is 3.53. The molecule has 2 heterocycles. The third-order valence-electron chi connectivity index (χ3n) is 6.36. The van der Waals surface area contributed by atoms with Crippen molar-refractivity contribution in [1.29, 1.82) is 5.26 Å². The van der Waals surface area contributed by atoms with Crippen LogP contribution in [0.2, 0.25) is 0 Å². The highest BCUT2D eigenvalue weighted by atomic mass is 16.2. The molecule has 0 spiro atoms. The average Bonchev–Trinajstić information content (AvgIpc) is 2.78. The number of nitrogens with zero attached hydrogens (tertiary/aromatic N) is 3. The number of anilines is 1. The van der Waals surface area contributed by atoms with E-state index in [1.165, 1.54) is 12.5 Å². The van der Waals surface area contributed by atoms with Gasteiger partial charge >= 0.3 is 0 Å². The summed E-state index contributed by atoms with van der Waals surface area (Å²) in [6.45, 7) is 11.0. The summed E-state index contributed by atoms with van der Waals surface area (Å²) in [6.07, 6.45) is 1.95. The number of nitriles is 1. The predicted molar refractivity (Wildman–Crippen MR) is 134 cm³/mol. The lowest BCUT2D eigenvalue weighted by molar-refractivity contribution is -0.128. The molecule has 1 unspecified atom stereocenters. The molecule has 1 aliphatic rings. The molecule has 0 radical (unpaired) electrons. The van der Waals surface area contributed by atoms with Crippen molar-refractivity contribution < 1.29 is 9.59 Å². The lowest BCUT2D eigenvalue weighted by atomic mass is 9.98. The second-order valence-electron chi connectivity index (χ2n) is 9.51. The van der Waals surface area contributed by atoms with Crippen molar-refractivity contribution >= 4 is 17.6 Å². The lowest BCUT2D eigenvalue weighted by Crippen LogP contribution is -2.52. The molecule has 2 amide bonds. The third kappa shape index (κ3) is 6.34. The molecule has 7 heteroatoms. The van der Waals surface area contributed by atoms with Crippen molar-refractivity contribution in [3.05, 3.63) is 58.3 Å². The number of hydrogen-bond donors (Lipinski definition) is 2. The van der Waals surface area contributed by atoms with Crippen molar-refractivity contribution in [3.63, 3.8) is 0 Å². The van der Waals surface area contributed by atoms with Gasteiger partial charge in [-0.25, -0.2) is 4.98 Å². The fraction of sp³-hybridized carbons (Fsp3) is 0.481. The molecule has 1 aliphatic heterocycles. The Balaban J connectivity index is 1.62. The average molecular weight is 462 g/mol. The Hall–Kier alpha value is -3.40. The summed E-state index contributed by atoms with van der Waals surface area (Å²) in [7, 11) is 0. The van der Waals surface area contributed by atoms with Gasteiger partial charge in [-0.3, -0.25) is 9.59 Å². The minimum absolute atomic E-state index is 0.0137. The van der Waals surface area contributed by atoms with Crippen LogP contribution < -0.4 is 15.5 Å². The number of aromatic nitrogens is 1. The van der Waals surface area contributed by atoms with Crippen LogP contribution in [-0.2, 0) is 16.0 Å². The first-order valence-corrected chi connectivity index (χ1v) is 12.0. The molecule has 1 saturated heterocycles. The van der Waals surface area contributed by atoms with Gasteiger partial charge in [-0.2, -0.15) is 5.26 Å². The van der Waals surface area contributed by atoms with E-state index in [-0.39, 0.29) is 17.9 Å². The van der Waals surface area contributed by atoms with Crippen LogP contribution in [0.5, 0.6) is 0 Å². The van der Waals surface area contributed by atoms with Crippen molar-refractivity contribution in [2.75, 3.05) is 18.0 Å². The first-order valence-electron chi connectivity index (χ1n) is 12.0. The van der Waals surface area contributed by atoms with Crippen molar-refractivity contribution in [2.45, 2.75) is 71.9 Å². The molecule has 3 rings (SSSR count). The zero-order valence-electron chi connectivity index (χ0n) is 20.8. The van der Waals surface area contributed by atoms with E-state index in [1.807, 2.05) is 32.0 Å². The number of hydrogen-bond acceptors (Lipinski definition) is 5. The van der Waals surface area contributed by atoms with E-state index in [0.717, 1.165) is 35.5 Å². The molecule has 0 aliphatic carbocycles. The first-order chi connectivity index (χ1) is 16.2. The molecule has 0 saturated carbocycles. The summed E-state index contributed by atoms with van der Waals surface area (Å²) in [4.78, 5) is 31.6. The molecule has 180 valence electrons. The second kappa shape index (κ2) is 11.1. The summed E-state index contributed by atoms with van der Waals surface area (Å²) in [6, 6.07) is 11.8. The summed E-state index contributed by atoms with van der Waals surface area (Å²) in [5.41, 5.74) is 4.69. The van der Waals surface area contributed by atoms with Gasteiger partial charge in [0.25, 0.3) is 0 Å². The molecular weight excluding hydrogens is 426 g/mol. The number of carbonyl (C=O) groups is 2. The Morgan fingerprint density at radius 1 is 1.18 bits per heavy atom. The summed E-state index contributed by atoms with van der Waals surface area (Å²) in [5.74, 6) is 0.783. The van der Waals surface area contributed by atoms with Crippen LogP contribution >= 0.6 is 0 Å². The van der Waals surface area contributed by atoms with Gasteiger partial charge in [0.2, 0.25) is 11.8 Å². The fourth-order valence-electron chi connectivity index (χ4n) is 4.45. The highest BCUT2D eigenvalue weighted by Gasteiger charge is 2.27. The van der Waals surface area contributed by atoms with E-state index in [2.05, 4.69) is 52.6 Å². The smallest absolute Gasteiger partial charge is 0.243 e. The number of benzene rings is 1. The highest BCUT2D eigenvalue weighted by molar-refractivity contribution is 5.87. The Morgan fingerprint density at radius 2 is 1.82 bits per heavy atom. The van der Waals surface area contributed by atoms with Gasteiger partial charge in [-0.05, 0) is 55.4 Å². The van der Waals surface area contributed by atoms with Crippen molar-refractivity contribution in [1.82, 2.24) is 15.6 Å². The zero-order valence-corrected chi connectivity index (χ0v) is 20.8. The zero-order chi connectivity index (χ0) is 24.8. The van der Waals surface area contributed by atoms with Crippen molar-refractivity contribution in [3.8, 4) is 6.07 Å². The van der Waals surface area contributed by atoms with Crippen LogP contribution in [0.3, 0.4) is 0 Å². The highest BCUT2D eigenvalue weighted by Crippen LogP contribution is 2.25. The van der Waals surface area contributed by atoms with Crippen LogP contribution in [0.4, 0.5) is 5.82 Å². The van der Waals surface area contributed by atoms with E-state index < -0.39 is 6.04 Å². The summed E-state index contributed by atoms with van der Waals surface area (Å²) >= 11 is 0. The van der Waals surface area contributed by atoms with Gasteiger partial charge in [-0.1, -0.05) is 38.1 Å². The minimum Gasteiger partial charge on any atom is -0.355 e. The number of carbonyl (C=O) groups excluding carboxylic acids is 2. The number of piperidine rings is 1. The summed E-state index contributed by atoms with van der Waals surface area (Å²) in [5, 5.41) is 15.5. The van der Waals surface area contributed by atoms with Gasteiger partial charge in [0.1, 0.15) is 17.9 Å². The second-order valence-corrected chi connectivity index (χ2v) is 9.51. The van der Waals surface area contributed by atoms with Gasteiger partial charge in [0.05, 0.1) is 5.56 Å². The number of amides is 2. The van der Waals surface area contributed by atoms with Crippen LogP contribution in [0.15, 0.2) is 30.3 Å². The number of rotatable bonds is 7. The fourth-order valence-corrected chi connectivity index (χ4v) is 4.45. The number of pyridine rings is 1. The van der Waals surface area contributed by atoms with Gasteiger partial charge in [-0.15, -0.1) is 0 Å². The molecule has 34 heavy (non-hydrogen) atoms. The largest absolute Gasteiger partial charge is 0.355 e.